The zero-order chi connectivity index (χ0) is 19.2. The molecule has 0 aliphatic carbocycles. The third kappa shape index (κ3) is 96.0. The molecule has 0 aliphatic heterocycles. The molecule has 0 aromatic rings. The van der Waals surface area contributed by atoms with Crippen LogP contribution in [0.4, 0.5) is 0 Å². The van der Waals surface area contributed by atoms with Crippen LogP contribution in [0.25, 0.3) is 0 Å². The van der Waals surface area contributed by atoms with Gasteiger partial charge in [-0.25, -0.2) is 0 Å². The molecule has 0 fully saturated rings. The zero-order valence-corrected chi connectivity index (χ0v) is 27.6. The molecule has 0 rings (SSSR count). The van der Waals surface area contributed by atoms with E-state index in [4.69, 9.17) is 38.5 Å². The van der Waals surface area contributed by atoms with E-state index in [0.29, 0.717) is 25.0 Å². The number of hydrogen-bond acceptors (Lipinski definition) is 3. The van der Waals surface area contributed by atoms with Crippen molar-refractivity contribution < 1.29 is 28.6 Å². The largest absolute Gasteiger partial charge is 0.392 e. The van der Waals surface area contributed by atoms with Crippen LogP contribution in [-0.2, 0) is 0 Å². The first-order valence-electron chi connectivity index (χ1n) is 6.03. The summed E-state index contributed by atoms with van der Waals surface area (Å²) in [7, 11) is 0. The van der Waals surface area contributed by atoms with E-state index in [1.165, 1.54) is 12.2 Å². The Kier molecular flexibility index (Phi) is 111. The van der Waals surface area contributed by atoms with E-state index in [1.807, 2.05) is 6.08 Å². The molecule has 3 nitrogen and oxygen atoms in total. The van der Waals surface area contributed by atoms with Crippen LogP contribution >= 0.6 is 122 Å². The van der Waals surface area contributed by atoms with Crippen molar-refractivity contribution in [1.82, 2.24) is 0 Å². The molecular formula is C13H25Cl2I6O3-. The van der Waals surface area contributed by atoms with Crippen LogP contribution in [0.3, 0.4) is 0 Å². The Bertz CT molecular complexity index is 208. The SMILES string of the molecule is C=CCCCl.I.II.I[I-]I.OC/C=C/CCCl.OC/C=C/CO. The molecule has 0 bridgehead atoms. The standard InChI is InChI=1S/C5H9ClO.C4H7Cl.C4H8O2.I3.I2.HI/c6-4-2-1-3-5-7;1-2-3-4-5;5-3-1-2-4-6;1-3-2;1-2;/h1,3,7H,2,4-5H2;2H,1,3-4H2;1-2,5-6H,3-4H2;;;1H/q;;;-1;;/b3-1+;;2-1+;;;. The second-order valence-electron chi connectivity index (χ2n) is 2.79. The Labute approximate surface area is 227 Å². The van der Waals surface area contributed by atoms with Crippen LogP contribution in [-0.4, -0.2) is 46.9 Å². The van der Waals surface area contributed by atoms with Crippen LogP contribution in [0, 0.1) is 0 Å². The molecule has 0 radical (unpaired) electrons. The van der Waals surface area contributed by atoms with Gasteiger partial charge >= 0.3 is 50.5 Å². The van der Waals surface area contributed by atoms with E-state index < -0.39 is 0 Å². The Morgan fingerprint density at radius 3 is 1.25 bits per heavy atom. The number of rotatable bonds is 7. The summed E-state index contributed by atoms with van der Waals surface area (Å²) >= 11 is 20.1. The molecule has 24 heavy (non-hydrogen) atoms. The molecule has 0 aromatic carbocycles. The van der Waals surface area contributed by atoms with Crippen LogP contribution in [0.5, 0.6) is 0 Å². The molecule has 0 amide bonds. The van der Waals surface area contributed by atoms with Crippen molar-refractivity contribution in [2.75, 3.05) is 31.6 Å². The Hall–Kier alpha value is 4.06. The minimum Gasteiger partial charge on any atom is -0.392 e. The summed E-state index contributed by atoms with van der Waals surface area (Å²) in [6.45, 7) is 3.62. The van der Waals surface area contributed by atoms with Gasteiger partial charge in [-0.05, 0) is 12.8 Å². The third-order valence-corrected chi connectivity index (χ3v) is 1.68. The minimum atomic E-state index is 0. The molecule has 0 aliphatic rings. The quantitative estimate of drug-likeness (QED) is 0.208. The van der Waals surface area contributed by atoms with Gasteiger partial charge in [-0.1, -0.05) is 30.4 Å². The van der Waals surface area contributed by atoms with Crippen LogP contribution in [0.1, 0.15) is 12.8 Å². The van der Waals surface area contributed by atoms with Gasteiger partial charge in [-0.3, -0.25) is 0 Å². The number of allylic oxidation sites excluding steroid dienone is 2. The molecule has 152 valence electrons. The van der Waals surface area contributed by atoms with Gasteiger partial charge in [0.2, 0.25) is 0 Å². The van der Waals surface area contributed by atoms with Gasteiger partial charge in [0, 0.05) is 49.0 Å². The summed E-state index contributed by atoms with van der Waals surface area (Å²) < 4.78 is 0. The van der Waals surface area contributed by atoms with E-state index in [9.17, 15) is 0 Å². The molecule has 0 heterocycles. The van der Waals surface area contributed by atoms with Gasteiger partial charge in [0.05, 0.1) is 19.8 Å². The predicted octanol–water partition coefficient (Wildman–Crippen LogP) is 3.66. The van der Waals surface area contributed by atoms with Gasteiger partial charge in [0.15, 0.2) is 0 Å². The van der Waals surface area contributed by atoms with Crippen molar-refractivity contribution in [1.29, 1.82) is 0 Å². The summed E-state index contributed by atoms with van der Waals surface area (Å²) in [4.78, 5) is 0. The molecule has 0 saturated heterocycles. The smallest absolute Gasteiger partial charge is 0.0613 e. The van der Waals surface area contributed by atoms with Crippen molar-refractivity contribution in [3.8, 4) is 0 Å². The molecule has 0 unspecified atom stereocenters. The van der Waals surface area contributed by atoms with Crippen LogP contribution < -0.4 is 13.3 Å². The fourth-order valence-electron chi connectivity index (χ4n) is 0.482. The van der Waals surface area contributed by atoms with Gasteiger partial charge in [-0.15, -0.1) is 53.8 Å². The monoisotopic (exact) mass is 1060 g/mol. The first kappa shape index (κ1) is 42.2. The third-order valence-electron chi connectivity index (χ3n) is 1.24. The van der Waals surface area contributed by atoms with Crippen LogP contribution in [0.15, 0.2) is 37.0 Å². The number of aliphatic hydroxyl groups is 3. The average molecular weight is 1060 g/mol. The molecule has 11 heteroatoms. The minimum absolute atomic E-state index is 0. The first-order valence-corrected chi connectivity index (χ1v) is 26.0. The maximum absolute atomic E-state index is 8.16. The Morgan fingerprint density at radius 1 is 0.792 bits per heavy atom. The number of hydrogen-bond donors (Lipinski definition) is 3. The van der Waals surface area contributed by atoms with E-state index in [-0.39, 0.29) is 43.8 Å². The van der Waals surface area contributed by atoms with Crippen molar-refractivity contribution in [2.45, 2.75) is 12.8 Å². The van der Waals surface area contributed by atoms with Crippen molar-refractivity contribution in [2.24, 2.45) is 0 Å². The normalized spacial score (nSPS) is 8.38. The number of halogens is 8. The topological polar surface area (TPSA) is 60.7 Å². The van der Waals surface area contributed by atoms with Gasteiger partial charge < -0.3 is 15.3 Å². The van der Waals surface area contributed by atoms with Crippen LogP contribution in [0.2, 0.25) is 0 Å². The summed E-state index contributed by atoms with van der Waals surface area (Å²) in [5.74, 6) is 1.33. The molecule has 0 spiro atoms. The van der Waals surface area contributed by atoms with E-state index in [1.54, 1.807) is 12.2 Å². The predicted molar refractivity (Wildman–Crippen MR) is 152 cm³/mol. The van der Waals surface area contributed by atoms with E-state index in [0.717, 1.165) is 12.8 Å². The van der Waals surface area contributed by atoms with E-state index >= 15 is 0 Å². The fourth-order valence-corrected chi connectivity index (χ4v) is 0.762. The second kappa shape index (κ2) is 63.1. The summed E-state index contributed by atoms with van der Waals surface area (Å²) in [5, 5.41) is 24.2. The van der Waals surface area contributed by atoms with E-state index in [2.05, 4.69) is 81.0 Å². The number of aliphatic hydroxyl groups excluding tert-OH is 3. The van der Waals surface area contributed by atoms with Gasteiger partial charge in [-0.2, -0.15) is 0 Å². The fraction of sp³-hybridized carbons (Fsp3) is 0.538. The second-order valence-corrected chi connectivity index (χ2v) is 19.8. The zero-order valence-electron chi connectivity index (χ0n) is 12.9. The van der Waals surface area contributed by atoms with Crippen molar-refractivity contribution in [3.63, 3.8) is 0 Å². The van der Waals surface area contributed by atoms with Crippen molar-refractivity contribution in [3.05, 3.63) is 37.0 Å². The Morgan fingerprint density at radius 2 is 1.08 bits per heavy atom. The summed E-state index contributed by atoms with van der Waals surface area (Å²) in [6, 6.07) is 0. The number of alkyl halides is 2. The maximum atomic E-state index is 8.16. The Balaban J connectivity index is -0.0000000442. The maximum Gasteiger partial charge on any atom is 0.0613 e. The molecule has 3 N–H and O–H groups in total. The van der Waals surface area contributed by atoms with Gasteiger partial charge in [0.25, 0.3) is 0 Å². The summed E-state index contributed by atoms with van der Waals surface area (Å²) in [6.07, 6.45) is 10.1. The van der Waals surface area contributed by atoms with Gasteiger partial charge in [0.1, 0.15) is 0 Å². The molecule has 0 aromatic heterocycles. The van der Waals surface area contributed by atoms with Crippen molar-refractivity contribution >= 4 is 122 Å². The molecular weight excluding hydrogens is 1040 g/mol. The molecule has 0 saturated carbocycles. The first-order chi connectivity index (χ1) is 11.2. The summed E-state index contributed by atoms with van der Waals surface area (Å²) in [5.41, 5.74) is 0. The average Bonchev–Trinajstić information content (AvgIpc) is 2.58. The molecule has 0 atom stereocenters.